The minimum absolute atomic E-state index is 0.0322. The molecule has 1 unspecified atom stereocenters. The number of para-hydroxylation sites is 3. The van der Waals surface area contributed by atoms with Crippen LogP contribution in [0.25, 0.3) is 5.69 Å². The molecule has 4 rings (SSSR count). The third-order valence-corrected chi connectivity index (χ3v) is 4.68. The highest BCUT2D eigenvalue weighted by atomic mass is 35.5. The fourth-order valence-electron chi connectivity index (χ4n) is 2.91. The first-order valence-corrected chi connectivity index (χ1v) is 9.21. The Labute approximate surface area is 171 Å². The summed E-state index contributed by atoms with van der Waals surface area (Å²) in [5.41, 5.74) is 6.01. The highest BCUT2D eigenvalue weighted by molar-refractivity contribution is 6.33. The van der Waals surface area contributed by atoms with Crippen LogP contribution in [0.2, 0.25) is 5.15 Å². The van der Waals surface area contributed by atoms with Gasteiger partial charge in [-0.3, -0.25) is 20.4 Å². The van der Waals surface area contributed by atoms with Crippen LogP contribution in [0.1, 0.15) is 16.1 Å². The smallest absolute Gasteiger partial charge is 0.283 e. The number of nitrogens with one attached hydrogen (secondary N) is 2. The van der Waals surface area contributed by atoms with Crippen molar-refractivity contribution in [2.24, 2.45) is 0 Å². The van der Waals surface area contributed by atoms with Gasteiger partial charge in [-0.25, -0.2) is 4.68 Å². The molecule has 148 valence electrons. The maximum atomic E-state index is 12.6. The largest absolute Gasteiger partial charge is 0.485 e. The summed E-state index contributed by atoms with van der Waals surface area (Å²) in [4.78, 5) is 24.9. The second-order valence-corrected chi connectivity index (χ2v) is 6.66. The van der Waals surface area contributed by atoms with Crippen molar-refractivity contribution in [1.82, 2.24) is 20.6 Å². The first-order chi connectivity index (χ1) is 14.0. The molecule has 0 aliphatic carbocycles. The van der Waals surface area contributed by atoms with E-state index in [1.807, 2.05) is 36.4 Å². The van der Waals surface area contributed by atoms with Gasteiger partial charge >= 0.3 is 0 Å². The Balaban J connectivity index is 1.43. The van der Waals surface area contributed by atoms with E-state index in [1.54, 1.807) is 25.1 Å². The minimum Gasteiger partial charge on any atom is -0.485 e. The lowest BCUT2D eigenvalue weighted by Gasteiger charge is -2.25. The van der Waals surface area contributed by atoms with Gasteiger partial charge in [-0.2, -0.15) is 5.10 Å². The molecule has 2 N–H and O–H groups in total. The van der Waals surface area contributed by atoms with Gasteiger partial charge in [-0.15, -0.1) is 0 Å². The summed E-state index contributed by atoms with van der Waals surface area (Å²) in [5, 5.41) is 4.45. The van der Waals surface area contributed by atoms with Crippen molar-refractivity contribution in [3.63, 3.8) is 0 Å². The van der Waals surface area contributed by atoms with E-state index in [0.29, 0.717) is 17.2 Å². The number of aryl methyl sites for hydroxylation is 1. The Morgan fingerprint density at radius 3 is 2.52 bits per heavy atom. The fraction of sp³-hybridized carbons (Fsp3) is 0.150. The van der Waals surface area contributed by atoms with E-state index in [9.17, 15) is 9.59 Å². The predicted molar refractivity (Wildman–Crippen MR) is 105 cm³/mol. The summed E-state index contributed by atoms with van der Waals surface area (Å²) < 4.78 is 12.6. The van der Waals surface area contributed by atoms with Crippen molar-refractivity contribution in [2.75, 3.05) is 6.61 Å². The van der Waals surface area contributed by atoms with Crippen LogP contribution in [0.15, 0.2) is 54.6 Å². The number of hydrogen-bond acceptors (Lipinski definition) is 5. The molecule has 29 heavy (non-hydrogen) atoms. The summed E-state index contributed by atoms with van der Waals surface area (Å²) in [6, 6.07) is 16.2. The van der Waals surface area contributed by atoms with Gasteiger partial charge in [0.1, 0.15) is 17.3 Å². The van der Waals surface area contributed by atoms with Gasteiger partial charge in [0, 0.05) is 0 Å². The first-order valence-electron chi connectivity index (χ1n) is 8.84. The van der Waals surface area contributed by atoms with Crippen molar-refractivity contribution in [1.29, 1.82) is 0 Å². The Hall–Kier alpha value is -3.52. The number of aromatic nitrogens is 2. The van der Waals surface area contributed by atoms with E-state index in [2.05, 4.69) is 16.0 Å². The number of carbonyl (C=O) groups excluding carboxylic acids is 2. The number of nitrogens with zero attached hydrogens (tertiary/aromatic N) is 2. The van der Waals surface area contributed by atoms with Crippen molar-refractivity contribution >= 4 is 23.4 Å². The van der Waals surface area contributed by atoms with Crippen molar-refractivity contribution in [3.8, 4) is 17.2 Å². The highest BCUT2D eigenvalue weighted by Crippen LogP contribution is 2.30. The van der Waals surface area contributed by atoms with Gasteiger partial charge < -0.3 is 9.47 Å². The number of rotatable bonds is 3. The zero-order chi connectivity index (χ0) is 20.4. The second-order valence-electron chi connectivity index (χ2n) is 6.31. The van der Waals surface area contributed by atoms with Crippen LogP contribution in [0.4, 0.5) is 0 Å². The third-order valence-electron chi connectivity index (χ3n) is 4.33. The number of benzene rings is 2. The molecule has 0 radical (unpaired) electrons. The van der Waals surface area contributed by atoms with Gasteiger partial charge in [-0.1, -0.05) is 41.9 Å². The number of carbonyl (C=O) groups is 2. The molecule has 0 saturated carbocycles. The topological polar surface area (TPSA) is 94.5 Å². The highest BCUT2D eigenvalue weighted by Gasteiger charge is 2.28. The molecule has 0 fully saturated rings. The van der Waals surface area contributed by atoms with E-state index >= 15 is 0 Å². The zero-order valence-electron chi connectivity index (χ0n) is 15.4. The number of amides is 2. The average molecular weight is 413 g/mol. The van der Waals surface area contributed by atoms with Crippen LogP contribution in [-0.2, 0) is 4.79 Å². The molecule has 0 saturated heterocycles. The normalized spacial score (nSPS) is 14.9. The fourth-order valence-corrected chi connectivity index (χ4v) is 3.27. The summed E-state index contributed by atoms with van der Waals surface area (Å²) in [5.74, 6) is -0.0955. The number of ether oxygens (including phenoxy) is 2. The zero-order valence-corrected chi connectivity index (χ0v) is 16.1. The number of hydrogen-bond donors (Lipinski definition) is 2. The molecule has 9 heteroatoms. The Bertz CT molecular complexity index is 1070. The van der Waals surface area contributed by atoms with Gasteiger partial charge in [0.15, 0.2) is 11.5 Å². The Morgan fingerprint density at radius 2 is 1.76 bits per heavy atom. The molecule has 1 aliphatic heterocycles. The molecule has 0 bridgehead atoms. The maximum Gasteiger partial charge on any atom is 0.283 e. The molecule has 2 amide bonds. The van der Waals surface area contributed by atoms with Crippen molar-refractivity contribution in [3.05, 3.63) is 71.0 Å². The first kappa shape index (κ1) is 18.8. The van der Waals surface area contributed by atoms with Crippen molar-refractivity contribution < 1.29 is 19.1 Å². The lowest BCUT2D eigenvalue weighted by molar-refractivity contribution is -0.131. The number of halogens is 1. The molecule has 0 spiro atoms. The predicted octanol–water partition coefficient (Wildman–Crippen LogP) is 2.44. The Kier molecular flexibility index (Phi) is 5.09. The van der Waals surface area contributed by atoms with Crippen molar-refractivity contribution in [2.45, 2.75) is 13.0 Å². The molecule has 3 aromatic rings. The summed E-state index contributed by atoms with van der Waals surface area (Å²) in [7, 11) is 0. The summed E-state index contributed by atoms with van der Waals surface area (Å²) in [6.45, 7) is 1.70. The molecule has 8 nitrogen and oxygen atoms in total. The van der Waals surface area contributed by atoms with Crippen LogP contribution >= 0.6 is 11.6 Å². The van der Waals surface area contributed by atoms with Crippen LogP contribution in [0, 0.1) is 6.92 Å². The van der Waals surface area contributed by atoms with Crippen LogP contribution in [0.3, 0.4) is 0 Å². The lowest BCUT2D eigenvalue weighted by Crippen LogP contribution is -2.50. The standard InChI is InChI=1S/C20H17ClN4O4/c1-12-17(18(21)25(24-12)13-7-3-2-4-8-13)20(27)23-22-19(26)16-11-28-14-9-5-6-10-15(14)29-16/h2-10,16H,11H2,1H3,(H,22,26)(H,23,27). The minimum atomic E-state index is -0.895. The van der Waals surface area contributed by atoms with E-state index < -0.39 is 17.9 Å². The van der Waals surface area contributed by atoms with Crippen LogP contribution in [-0.4, -0.2) is 34.3 Å². The van der Waals surface area contributed by atoms with E-state index in [1.165, 1.54) is 4.68 Å². The second kappa shape index (κ2) is 7.84. The molecule has 2 heterocycles. The lowest BCUT2D eigenvalue weighted by atomic mass is 10.2. The van der Waals surface area contributed by atoms with Crippen LogP contribution in [0.5, 0.6) is 11.5 Å². The quantitative estimate of drug-likeness (QED) is 0.644. The van der Waals surface area contributed by atoms with Crippen LogP contribution < -0.4 is 20.3 Å². The molecule has 2 aromatic carbocycles. The molecular formula is C20H17ClN4O4. The molecule has 1 aromatic heterocycles. The van der Waals surface area contributed by atoms with Gasteiger partial charge in [0.05, 0.1) is 11.4 Å². The molecular weight excluding hydrogens is 396 g/mol. The number of fused-ring (bicyclic) bond motifs is 1. The van der Waals surface area contributed by atoms with Gasteiger partial charge in [0.25, 0.3) is 11.8 Å². The third kappa shape index (κ3) is 3.74. The van der Waals surface area contributed by atoms with E-state index in [4.69, 9.17) is 21.1 Å². The van der Waals surface area contributed by atoms with Gasteiger partial charge in [0.2, 0.25) is 6.10 Å². The molecule has 1 atom stereocenters. The van der Waals surface area contributed by atoms with Gasteiger partial charge in [-0.05, 0) is 31.2 Å². The summed E-state index contributed by atoms with van der Waals surface area (Å²) >= 11 is 6.36. The maximum absolute atomic E-state index is 12.6. The monoisotopic (exact) mass is 412 g/mol. The molecule has 1 aliphatic rings. The SMILES string of the molecule is Cc1nn(-c2ccccc2)c(Cl)c1C(=O)NNC(=O)C1COc2ccccc2O1. The van der Waals surface area contributed by atoms with E-state index in [0.717, 1.165) is 5.69 Å². The average Bonchev–Trinajstić information content (AvgIpc) is 3.06. The summed E-state index contributed by atoms with van der Waals surface area (Å²) in [6.07, 6.45) is -0.895. The van der Waals surface area contributed by atoms with E-state index in [-0.39, 0.29) is 17.3 Å². The number of hydrazine groups is 1. The Morgan fingerprint density at radius 1 is 1.07 bits per heavy atom.